The van der Waals surface area contributed by atoms with Gasteiger partial charge in [-0.1, -0.05) is 60.7 Å². The predicted molar refractivity (Wildman–Crippen MR) is 121 cm³/mol. The average Bonchev–Trinajstić information content (AvgIpc) is 2.78. The van der Waals surface area contributed by atoms with E-state index < -0.39 is 11.7 Å². The summed E-state index contributed by atoms with van der Waals surface area (Å²) in [7, 11) is 0. The molecule has 0 aliphatic rings. The molecule has 1 unspecified atom stereocenters. The second-order valence-electron chi connectivity index (χ2n) is 7.92. The molecule has 0 aliphatic heterocycles. The van der Waals surface area contributed by atoms with Crippen LogP contribution in [0.2, 0.25) is 0 Å². The number of nitrogens with one attached hydrogen (secondary N) is 1. The standard InChI is InChI=1S/C27H23F4N/c1-18(21-6-4-7-24(28)17-21)32-14-13-19-15-22-5-2-3-8-25(22)26(16-19)20-9-11-23(12-10-20)27(29,30)31/h2-12,15-18,32H,13-14H2,1H3. The van der Waals surface area contributed by atoms with Crippen LogP contribution in [-0.2, 0) is 12.6 Å². The van der Waals surface area contributed by atoms with Gasteiger partial charge < -0.3 is 5.32 Å². The van der Waals surface area contributed by atoms with Crippen molar-refractivity contribution in [3.05, 3.63) is 107 Å². The maximum Gasteiger partial charge on any atom is 0.416 e. The molecule has 0 saturated heterocycles. The normalized spacial score (nSPS) is 12.8. The molecule has 32 heavy (non-hydrogen) atoms. The molecule has 0 aliphatic carbocycles. The van der Waals surface area contributed by atoms with Gasteiger partial charge in [-0.25, -0.2) is 4.39 Å². The van der Waals surface area contributed by atoms with Crippen molar-refractivity contribution in [1.82, 2.24) is 5.32 Å². The van der Waals surface area contributed by atoms with Crippen molar-refractivity contribution in [2.75, 3.05) is 6.54 Å². The molecule has 0 fully saturated rings. The minimum Gasteiger partial charge on any atom is -0.310 e. The van der Waals surface area contributed by atoms with Crippen molar-refractivity contribution < 1.29 is 17.6 Å². The van der Waals surface area contributed by atoms with Crippen molar-refractivity contribution >= 4 is 10.8 Å². The Kier molecular flexibility index (Phi) is 6.28. The Balaban J connectivity index is 1.57. The summed E-state index contributed by atoms with van der Waals surface area (Å²) in [5.41, 5.74) is 2.96. The van der Waals surface area contributed by atoms with E-state index in [2.05, 4.69) is 11.4 Å². The minimum atomic E-state index is -4.35. The second kappa shape index (κ2) is 9.13. The fourth-order valence-corrected chi connectivity index (χ4v) is 3.92. The third kappa shape index (κ3) is 5.00. The number of halogens is 4. The van der Waals surface area contributed by atoms with Gasteiger partial charge in [0, 0.05) is 6.04 Å². The highest BCUT2D eigenvalue weighted by atomic mass is 19.4. The maximum atomic E-state index is 13.5. The number of hydrogen-bond acceptors (Lipinski definition) is 1. The minimum absolute atomic E-state index is 0.000500. The van der Waals surface area contributed by atoms with Gasteiger partial charge in [-0.15, -0.1) is 0 Å². The first-order chi connectivity index (χ1) is 15.3. The van der Waals surface area contributed by atoms with E-state index in [9.17, 15) is 17.6 Å². The summed E-state index contributed by atoms with van der Waals surface area (Å²) in [5.74, 6) is -0.258. The summed E-state index contributed by atoms with van der Waals surface area (Å²) in [6.45, 7) is 2.67. The van der Waals surface area contributed by atoms with E-state index >= 15 is 0 Å². The molecule has 0 amide bonds. The summed E-state index contributed by atoms with van der Waals surface area (Å²) >= 11 is 0. The molecule has 0 spiro atoms. The van der Waals surface area contributed by atoms with E-state index in [1.807, 2.05) is 43.3 Å². The lowest BCUT2D eigenvalue weighted by molar-refractivity contribution is -0.137. The Morgan fingerprint density at radius 2 is 1.59 bits per heavy atom. The van der Waals surface area contributed by atoms with Gasteiger partial charge in [0.1, 0.15) is 5.82 Å². The van der Waals surface area contributed by atoms with Crippen molar-refractivity contribution in [3.8, 4) is 11.1 Å². The third-order valence-electron chi connectivity index (χ3n) is 5.66. The van der Waals surface area contributed by atoms with Gasteiger partial charge in [0.05, 0.1) is 5.56 Å². The highest BCUT2D eigenvalue weighted by Gasteiger charge is 2.30. The average molecular weight is 437 g/mol. The van der Waals surface area contributed by atoms with Crippen LogP contribution in [0.15, 0.2) is 84.9 Å². The van der Waals surface area contributed by atoms with E-state index in [0.717, 1.165) is 51.6 Å². The number of fused-ring (bicyclic) bond motifs is 1. The van der Waals surface area contributed by atoms with Gasteiger partial charge in [0.2, 0.25) is 0 Å². The van der Waals surface area contributed by atoms with E-state index in [0.29, 0.717) is 6.54 Å². The van der Waals surface area contributed by atoms with Gasteiger partial charge in [0.25, 0.3) is 0 Å². The van der Waals surface area contributed by atoms with Crippen molar-refractivity contribution in [1.29, 1.82) is 0 Å². The number of hydrogen-bond donors (Lipinski definition) is 1. The quantitative estimate of drug-likeness (QED) is 0.307. The van der Waals surface area contributed by atoms with Crippen LogP contribution < -0.4 is 5.32 Å². The monoisotopic (exact) mass is 437 g/mol. The second-order valence-corrected chi connectivity index (χ2v) is 7.92. The van der Waals surface area contributed by atoms with Gasteiger partial charge >= 0.3 is 6.18 Å². The van der Waals surface area contributed by atoms with E-state index in [1.54, 1.807) is 6.07 Å². The number of benzene rings is 4. The first-order valence-corrected chi connectivity index (χ1v) is 10.5. The molecule has 0 saturated carbocycles. The Hall–Kier alpha value is -3.18. The van der Waals surface area contributed by atoms with Gasteiger partial charge in [0.15, 0.2) is 0 Å². The highest BCUT2D eigenvalue weighted by molar-refractivity contribution is 5.97. The topological polar surface area (TPSA) is 12.0 Å². The van der Waals surface area contributed by atoms with Gasteiger partial charge in [-0.3, -0.25) is 0 Å². The van der Waals surface area contributed by atoms with Crippen LogP contribution in [-0.4, -0.2) is 6.54 Å². The Morgan fingerprint density at radius 1 is 0.844 bits per heavy atom. The Bertz CT molecular complexity index is 1210. The smallest absolute Gasteiger partial charge is 0.310 e. The molecule has 0 heterocycles. The van der Waals surface area contributed by atoms with Crippen LogP contribution in [0.1, 0.15) is 29.7 Å². The molecule has 4 rings (SSSR count). The zero-order valence-corrected chi connectivity index (χ0v) is 17.6. The zero-order chi connectivity index (χ0) is 22.7. The van der Waals surface area contributed by atoms with Crippen LogP contribution in [0.5, 0.6) is 0 Å². The molecule has 4 aromatic rings. The summed E-state index contributed by atoms with van der Waals surface area (Å²) < 4.78 is 52.4. The molecule has 164 valence electrons. The van der Waals surface area contributed by atoms with Crippen LogP contribution in [0.25, 0.3) is 21.9 Å². The molecular weight excluding hydrogens is 414 g/mol. The lowest BCUT2D eigenvalue weighted by atomic mass is 9.94. The molecule has 1 N–H and O–H groups in total. The number of rotatable bonds is 6. The molecule has 0 radical (unpaired) electrons. The van der Waals surface area contributed by atoms with E-state index in [-0.39, 0.29) is 11.9 Å². The fraction of sp³-hybridized carbons (Fsp3) is 0.185. The van der Waals surface area contributed by atoms with Crippen LogP contribution in [0.4, 0.5) is 17.6 Å². The first kappa shape index (κ1) is 22.0. The van der Waals surface area contributed by atoms with Crippen LogP contribution in [0.3, 0.4) is 0 Å². The van der Waals surface area contributed by atoms with Crippen molar-refractivity contribution in [2.24, 2.45) is 0 Å². The van der Waals surface area contributed by atoms with E-state index in [4.69, 9.17) is 0 Å². The predicted octanol–water partition coefficient (Wildman–Crippen LogP) is 7.56. The van der Waals surface area contributed by atoms with E-state index in [1.165, 1.54) is 24.3 Å². The summed E-state index contributed by atoms with van der Waals surface area (Å²) in [6, 6.07) is 23.9. The lowest BCUT2D eigenvalue weighted by Crippen LogP contribution is -2.21. The lowest BCUT2D eigenvalue weighted by Gasteiger charge is -2.16. The SMILES string of the molecule is CC(NCCc1cc(-c2ccc(C(F)(F)F)cc2)c2ccccc2c1)c1cccc(F)c1. The highest BCUT2D eigenvalue weighted by Crippen LogP contribution is 2.34. The Labute approximate surface area is 184 Å². The third-order valence-corrected chi connectivity index (χ3v) is 5.66. The maximum absolute atomic E-state index is 13.5. The molecule has 1 nitrogen and oxygen atoms in total. The molecule has 4 aromatic carbocycles. The molecular formula is C27H23F4N. The fourth-order valence-electron chi connectivity index (χ4n) is 3.92. The largest absolute Gasteiger partial charge is 0.416 e. The molecule has 0 bridgehead atoms. The number of alkyl halides is 3. The summed E-state index contributed by atoms with van der Waals surface area (Å²) in [6.07, 6.45) is -3.62. The van der Waals surface area contributed by atoms with Gasteiger partial charge in [-0.05, 0) is 77.2 Å². The molecule has 0 aromatic heterocycles. The summed E-state index contributed by atoms with van der Waals surface area (Å²) in [4.78, 5) is 0. The van der Waals surface area contributed by atoms with Crippen molar-refractivity contribution in [3.63, 3.8) is 0 Å². The van der Waals surface area contributed by atoms with Crippen LogP contribution in [0, 0.1) is 5.82 Å². The van der Waals surface area contributed by atoms with Gasteiger partial charge in [-0.2, -0.15) is 13.2 Å². The zero-order valence-electron chi connectivity index (χ0n) is 17.6. The van der Waals surface area contributed by atoms with Crippen LogP contribution >= 0.6 is 0 Å². The first-order valence-electron chi connectivity index (χ1n) is 10.5. The Morgan fingerprint density at radius 3 is 2.31 bits per heavy atom. The summed E-state index contributed by atoms with van der Waals surface area (Å²) in [5, 5.41) is 5.45. The molecule has 5 heteroatoms. The molecule has 1 atom stereocenters. The van der Waals surface area contributed by atoms with Crippen molar-refractivity contribution in [2.45, 2.75) is 25.6 Å².